The Kier molecular flexibility index (Phi) is 9.48. The van der Waals surface area contributed by atoms with Crippen LogP contribution in [0.5, 0.6) is 11.6 Å². The van der Waals surface area contributed by atoms with Gasteiger partial charge in [0, 0.05) is 22.7 Å². The van der Waals surface area contributed by atoms with Crippen LogP contribution in [-0.2, 0) is 0 Å². The van der Waals surface area contributed by atoms with Crippen molar-refractivity contribution in [3.8, 4) is 17.4 Å². The molecule has 0 radical (unpaired) electrons. The quantitative estimate of drug-likeness (QED) is 0.118. The topological polar surface area (TPSA) is 90.3 Å². The third-order valence-electron chi connectivity index (χ3n) is 7.94. The number of carbonyl (C=O) groups is 1. The lowest BCUT2D eigenvalue weighted by Gasteiger charge is -2.18. The zero-order valence-electron chi connectivity index (χ0n) is 24.0. The third kappa shape index (κ3) is 8.16. The number of amides is 1. The first kappa shape index (κ1) is 31.5. The van der Waals surface area contributed by atoms with Crippen LogP contribution in [-0.4, -0.2) is 52.1 Å². The first-order valence-corrected chi connectivity index (χ1v) is 15.5. The summed E-state index contributed by atoms with van der Waals surface area (Å²) in [5.74, 6) is 1.57. The van der Waals surface area contributed by atoms with Gasteiger partial charge >= 0.3 is 6.18 Å². The van der Waals surface area contributed by atoms with Crippen molar-refractivity contribution in [2.45, 2.75) is 69.0 Å². The number of carbonyl (C=O) groups excluding carboxylic acids is 1. The molecule has 1 saturated heterocycles. The Bertz CT molecular complexity index is 1410. The molecule has 3 heterocycles. The van der Waals surface area contributed by atoms with Gasteiger partial charge < -0.3 is 14.8 Å². The summed E-state index contributed by atoms with van der Waals surface area (Å²) in [7, 11) is 0. The van der Waals surface area contributed by atoms with Crippen molar-refractivity contribution in [3.63, 3.8) is 0 Å². The molecule has 5 rings (SSSR count). The Morgan fingerprint density at radius 2 is 1.91 bits per heavy atom. The second-order valence-electron chi connectivity index (χ2n) is 11.8. The lowest BCUT2D eigenvalue weighted by Crippen LogP contribution is -2.31. The maximum atomic E-state index is 13.1. The summed E-state index contributed by atoms with van der Waals surface area (Å²) in [6.07, 6.45) is 0.836. The van der Waals surface area contributed by atoms with Crippen LogP contribution in [0.4, 0.5) is 13.2 Å². The van der Waals surface area contributed by atoms with Gasteiger partial charge in [0.05, 0.1) is 24.2 Å². The summed E-state index contributed by atoms with van der Waals surface area (Å²) < 4.78 is 54.7. The molecule has 8 nitrogen and oxygen atoms in total. The van der Waals surface area contributed by atoms with Crippen LogP contribution in [0.15, 0.2) is 53.6 Å². The van der Waals surface area contributed by atoms with Crippen molar-refractivity contribution >= 4 is 29.5 Å². The number of ether oxygens (including phenoxy) is 2. The fourth-order valence-corrected chi connectivity index (χ4v) is 6.06. The van der Waals surface area contributed by atoms with Crippen molar-refractivity contribution in [1.82, 2.24) is 24.8 Å². The molecule has 1 unspecified atom stereocenters. The normalized spacial score (nSPS) is 18.8. The molecule has 0 spiro atoms. The van der Waals surface area contributed by atoms with Crippen LogP contribution in [0.3, 0.4) is 0 Å². The summed E-state index contributed by atoms with van der Waals surface area (Å²) in [5.41, 5.74) is -1.21. The lowest BCUT2D eigenvalue weighted by molar-refractivity contribution is -0.190. The highest BCUT2D eigenvalue weighted by Crippen LogP contribution is 2.59. The van der Waals surface area contributed by atoms with Crippen LogP contribution < -0.4 is 19.5 Å². The van der Waals surface area contributed by atoms with Crippen LogP contribution >= 0.6 is 23.5 Å². The minimum absolute atomic E-state index is 0.0184. The Hall–Kier alpha value is -2.96. The number of nitrogens with zero attached hydrogens (tertiary/aromatic N) is 3. The van der Waals surface area contributed by atoms with E-state index in [9.17, 15) is 18.0 Å². The average Bonchev–Trinajstić information content (AvgIpc) is 3.48. The predicted octanol–water partition coefficient (Wildman–Crippen LogP) is 7.02. The highest BCUT2D eigenvalue weighted by atomic mass is 35.5. The molecular formula is C30H35ClF3N5O3S. The molecule has 0 bridgehead atoms. The molecule has 3 aromatic rings. The molecule has 2 N–H and O–H groups in total. The van der Waals surface area contributed by atoms with Gasteiger partial charge in [-0.05, 0) is 113 Å². The molecule has 1 atom stereocenters. The van der Waals surface area contributed by atoms with Crippen molar-refractivity contribution in [2.75, 3.05) is 19.8 Å². The number of aromatic nitrogens is 3. The molecule has 1 aliphatic carbocycles. The highest BCUT2D eigenvalue weighted by molar-refractivity contribution is 7.98. The molecule has 2 fully saturated rings. The fraction of sp³-hybridized carbons (Fsp3) is 0.500. The van der Waals surface area contributed by atoms with E-state index in [1.807, 2.05) is 24.3 Å². The Morgan fingerprint density at radius 3 is 2.56 bits per heavy atom. The van der Waals surface area contributed by atoms with E-state index >= 15 is 0 Å². The molecule has 1 saturated carbocycles. The van der Waals surface area contributed by atoms with Gasteiger partial charge in [0.25, 0.3) is 5.91 Å². The lowest BCUT2D eigenvalue weighted by atomic mass is 9.94. The number of halogens is 4. The summed E-state index contributed by atoms with van der Waals surface area (Å²) in [5, 5.41) is 7.74. The molecule has 43 heavy (non-hydrogen) atoms. The van der Waals surface area contributed by atoms with E-state index in [-0.39, 0.29) is 48.0 Å². The van der Waals surface area contributed by atoms with Gasteiger partial charge in [-0.3, -0.25) is 9.52 Å². The zero-order valence-corrected chi connectivity index (χ0v) is 25.6. The standard InChI is InChI=1S/C30H35ClF3N5O3S/c1-28(2)18-20(19-35-28)4-3-16-41-21-5-7-22(8-6-21)43-38-27(40)23-9-10-24(36-26(23)31)39-15-11-25(37-39)42-17-14-29(12-13-29)30(32,33)34/h5-11,15,20,35H,3-4,12-14,16-19H2,1-2H3,(H,38,40). The summed E-state index contributed by atoms with van der Waals surface area (Å²) in [6, 6.07) is 12.1. The number of pyridine rings is 1. The third-order valence-corrected chi connectivity index (χ3v) is 9.03. The van der Waals surface area contributed by atoms with Gasteiger partial charge in [0.2, 0.25) is 5.88 Å². The van der Waals surface area contributed by atoms with Crippen molar-refractivity contribution < 1.29 is 27.4 Å². The molecule has 13 heteroatoms. The molecule has 232 valence electrons. The second-order valence-corrected chi connectivity index (χ2v) is 13.1. The van der Waals surface area contributed by atoms with Crippen LogP contribution in [0, 0.1) is 11.3 Å². The number of alkyl halides is 3. The molecule has 2 aromatic heterocycles. The van der Waals surface area contributed by atoms with Crippen LogP contribution in [0.25, 0.3) is 5.82 Å². The van der Waals surface area contributed by atoms with E-state index in [1.165, 1.54) is 23.2 Å². The highest BCUT2D eigenvalue weighted by Gasteiger charge is 2.62. The summed E-state index contributed by atoms with van der Waals surface area (Å²) in [6.45, 7) is 6.12. The molecule has 1 aliphatic heterocycles. The first-order chi connectivity index (χ1) is 20.4. The van der Waals surface area contributed by atoms with E-state index in [0.717, 1.165) is 42.0 Å². The van der Waals surface area contributed by atoms with Gasteiger partial charge in [0.1, 0.15) is 10.9 Å². The summed E-state index contributed by atoms with van der Waals surface area (Å²) in [4.78, 5) is 17.8. The van der Waals surface area contributed by atoms with E-state index in [2.05, 4.69) is 34.0 Å². The predicted molar refractivity (Wildman–Crippen MR) is 159 cm³/mol. The maximum absolute atomic E-state index is 13.1. The van der Waals surface area contributed by atoms with E-state index in [1.54, 1.807) is 12.3 Å². The monoisotopic (exact) mass is 637 g/mol. The SMILES string of the molecule is CC1(C)CC(CCCOc2ccc(SNC(=O)c3ccc(-n4ccc(OCCC5(C(F)(F)F)CC5)n4)nc3Cl)cc2)CN1. The Labute approximate surface area is 258 Å². The van der Waals surface area contributed by atoms with E-state index in [0.29, 0.717) is 18.3 Å². The van der Waals surface area contributed by atoms with Gasteiger partial charge in [-0.25, -0.2) is 9.67 Å². The number of nitrogens with one attached hydrogen (secondary N) is 2. The number of benzene rings is 1. The molecular weight excluding hydrogens is 603 g/mol. The van der Waals surface area contributed by atoms with Crippen molar-refractivity contribution in [3.05, 3.63) is 59.4 Å². The number of rotatable bonds is 13. The number of hydrogen-bond acceptors (Lipinski definition) is 7. The fourth-order valence-electron chi connectivity index (χ4n) is 5.23. The Balaban J connectivity index is 1.05. The van der Waals surface area contributed by atoms with Gasteiger partial charge in [-0.15, -0.1) is 5.10 Å². The molecule has 1 aromatic carbocycles. The van der Waals surface area contributed by atoms with Crippen molar-refractivity contribution in [2.24, 2.45) is 11.3 Å². The smallest absolute Gasteiger partial charge is 0.394 e. The largest absolute Gasteiger partial charge is 0.494 e. The van der Waals surface area contributed by atoms with Crippen LogP contribution in [0.2, 0.25) is 5.15 Å². The first-order valence-electron chi connectivity index (χ1n) is 14.3. The maximum Gasteiger partial charge on any atom is 0.394 e. The molecule has 1 amide bonds. The minimum Gasteiger partial charge on any atom is -0.494 e. The van der Waals surface area contributed by atoms with Gasteiger partial charge in [-0.1, -0.05) is 11.6 Å². The van der Waals surface area contributed by atoms with Crippen molar-refractivity contribution in [1.29, 1.82) is 0 Å². The molecule has 2 aliphatic rings. The van der Waals surface area contributed by atoms with E-state index < -0.39 is 17.5 Å². The van der Waals surface area contributed by atoms with Gasteiger partial charge in [-0.2, -0.15) is 13.2 Å². The Morgan fingerprint density at radius 1 is 1.14 bits per heavy atom. The van der Waals surface area contributed by atoms with E-state index in [4.69, 9.17) is 21.1 Å². The second kappa shape index (κ2) is 13.0. The number of hydrogen-bond donors (Lipinski definition) is 2. The minimum atomic E-state index is -4.22. The average molecular weight is 638 g/mol. The van der Waals surface area contributed by atoms with Crippen LogP contribution in [0.1, 0.15) is 62.7 Å². The zero-order chi connectivity index (χ0) is 30.7. The van der Waals surface area contributed by atoms with Gasteiger partial charge in [0.15, 0.2) is 5.82 Å². The summed E-state index contributed by atoms with van der Waals surface area (Å²) >= 11 is 7.45.